The molecule has 9 rings (SSSR count). The summed E-state index contributed by atoms with van der Waals surface area (Å²) in [5, 5.41) is 11.1. The molecule has 0 aliphatic rings. The molecule has 0 spiro atoms. The van der Waals surface area contributed by atoms with Gasteiger partial charge in [0, 0.05) is 27.6 Å². The van der Waals surface area contributed by atoms with Crippen LogP contribution in [0, 0.1) is 6.92 Å². The fourth-order valence-corrected chi connectivity index (χ4v) is 6.74. The molecule has 0 amide bonds. The Balaban J connectivity index is 1.52. The van der Waals surface area contributed by atoms with Gasteiger partial charge in [0.1, 0.15) is 16.7 Å². The molecule has 9 aromatic rings. The third kappa shape index (κ3) is 2.41. The highest BCUT2D eigenvalue weighted by Crippen LogP contribution is 2.40. The maximum Gasteiger partial charge on any atom is 0.295 e. The second kappa shape index (κ2) is 6.90. The molecule has 3 nitrogen and oxygen atoms in total. The predicted octanol–water partition coefficient (Wildman–Crippen LogP) is 8.74. The maximum absolute atomic E-state index is 6.60. The first-order chi connectivity index (χ1) is 18.7. The van der Waals surface area contributed by atoms with Crippen LogP contribution in [0.2, 0.25) is 0 Å². The van der Waals surface area contributed by atoms with Gasteiger partial charge in [0.2, 0.25) is 0 Å². The van der Waals surface area contributed by atoms with E-state index in [1.807, 2.05) is 0 Å². The molecule has 38 heavy (non-hydrogen) atoms. The van der Waals surface area contributed by atoms with Gasteiger partial charge < -0.3 is 4.42 Å². The Labute approximate surface area is 217 Å². The normalized spacial score (nSPS) is 12.5. The number of benzene rings is 6. The minimum atomic E-state index is 0.917. The Kier molecular flexibility index (Phi) is 3.67. The van der Waals surface area contributed by atoms with Gasteiger partial charge in [-0.2, -0.15) is 4.40 Å². The van der Waals surface area contributed by atoms with Crippen LogP contribution in [0.5, 0.6) is 0 Å². The standard InChI is InChI=1S/C35H23N2O/c1-20-8-7-11-24-26-17-28-27-16-22-15-14-21-9-3-4-10-23(21)25(22)18-32(27)38-33(28)19-31(26)37-30-13-6-5-12-29(30)36(2)35(37)34(20)24/h3-19H,1-2H3/q+1. The van der Waals surface area contributed by atoms with E-state index in [9.17, 15) is 0 Å². The molecule has 0 radical (unpaired) electrons. The van der Waals surface area contributed by atoms with Gasteiger partial charge in [0.05, 0.1) is 12.4 Å². The Morgan fingerprint density at radius 1 is 0.579 bits per heavy atom. The van der Waals surface area contributed by atoms with Crippen LogP contribution in [0.1, 0.15) is 5.56 Å². The van der Waals surface area contributed by atoms with Gasteiger partial charge in [-0.3, -0.25) is 0 Å². The zero-order valence-electron chi connectivity index (χ0n) is 21.1. The molecular weight excluding hydrogens is 464 g/mol. The maximum atomic E-state index is 6.60. The number of hydrogen-bond acceptors (Lipinski definition) is 1. The second-order valence-corrected chi connectivity index (χ2v) is 10.5. The molecule has 3 heterocycles. The average molecular weight is 488 g/mol. The first kappa shape index (κ1) is 20.2. The van der Waals surface area contributed by atoms with Crippen LogP contribution in [-0.4, -0.2) is 4.40 Å². The lowest BCUT2D eigenvalue weighted by atomic mass is 9.98. The third-order valence-corrected chi connectivity index (χ3v) is 8.49. The van der Waals surface area contributed by atoms with E-state index in [4.69, 9.17) is 4.42 Å². The molecule has 3 heteroatoms. The highest BCUT2D eigenvalue weighted by Gasteiger charge is 2.25. The second-order valence-electron chi connectivity index (χ2n) is 10.5. The first-order valence-electron chi connectivity index (χ1n) is 13.1. The molecule has 0 aliphatic heterocycles. The van der Waals surface area contributed by atoms with Gasteiger partial charge in [0.25, 0.3) is 5.65 Å². The van der Waals surface area contributed by atoms with Crippen molar-refractivity contribution in [3.63, 3.8) is 0 Å². The SMILES string of the molecule is Cc1cccc2c3cc4c(cc3n3c5ccccc5[n+](C)c3c12)oc1cc2c(ccc3ccccc32)cc14. The van der Waals surface area contributed by atoms with Gasteiger partial charge >= 0.3 is 0 Å². The van der Waals surface area contributed by atoms with E-state index >= 15 is 0 Å². The minimum absolute atomic E-state index is 0.917. The topological polar surface area (TPSA) is 21.4 Å². The summed E-state index contributed by atoms with van der Waals surface area (Å²) in [5.41, 5.74) is 7.92. The van der Waals surface area contributed by atoms with Crippen LogP contribution in [0.4, 0.5) is 0 Å². The van der Waals surface area contributed by atoms with E-state index in [1.54, 1.807) is 0 Å². The van der Waals surface area contributed by atoms with E-state index in [2.05, 4.69) is 126 Å². The molecule has 0 bridgehead atoms. The number of para-hydroxylation sites is 2. The van der Waals surface area contributed by atoms with E-state index in [0.717, 1.165) is 27.5 Å². The van der Waals surface area contributed by atoms with Crippen molar-refractivity contribution in [2.45, 2.75) is 6.92 Å². The summed E-state index contributed by atoms with van der Waals surface area (Å²) >= 11 is 0. The van der Waals surface area contributed by atoms with E-state index in [-0.39, 0.29) is 0 Å². The fourth-order valence-electron chi connectivity index (χ4n) is 6.74. The number of furan rings is 1. The Hall–Kier alpha value is -4.89. The summed E-state index contributed by atoms with van der Waals surface area (Å²) in [6, 6.07) is 37.4. The quantitative estimate of drug-likeness (QED) is 0.155. The number of imidazole rings is 1. The fraction of sp³-hybridized carbons (Fsp3) is 0.0571. The molecule has 0 saturated heterocycles. The highest BCUT2D eigenvalue weighted by atomic mass is 16.3. The lowest BCUT2D eigenvalue weighted by Crippen LogP contribution is -2.27. The van der Waals surface area contributed by atoms with Gasteiger partial charge in [-0.1, -0.05) is 66.7 Å². The lowest BCUT2D eigenvalue weighted by molar-refractivity contribution is -0.617. The summed E-state index contributed by atoms with van der Waals surface area (Å²) < 4.78 is 11.3. The molecule has 0 N–H and O–H groups in total. The number of aryl methyl sites for hydroxylation is 2. The number of hydrogen-bond donors (Lipinski definition) is 0. The van der Waals surface area contributed by atoms with Crippen molar-refractivity contribution in [1.29, 1.82) is 0 Å². The molecule has 0 atom stereocenters. The van der Waals surface area contributed by atoms with Crippen molar-refractivity contribution in [2.24, 2.45) is 7.05 Å². The van der Waals surface area contributed by atoms with Gasteiger partial charge in [-0.25, -0.2) is 4.57 Å². The van der Waals surface area contributed by atoms with Crippen molar-refractivity contribution in [3.8, 4) is 0 Å². The zero-order chi connectivity index (χ0) is 25.1. The lowest BCUT2D eigenvalue weighted by Gasteiger charge is -2.07. The molecule has 178 valence electrons. The summed E-state index contributed by atoms with van der Waals surface area (Å²) in [6.07, 6.45) is 0. The first-order valence-corrected chi connectivity index (χ1v) is 13.1. The highest BCUT2D eigenvalue weighted by molar-refractivity contribution is 6.21. The van der Waals surface area contributed by atoms with Gasteiger partial charge in [-0.15, -0.1) is 0 Å². The number of fused-ring (bicyclic) bond motifs is 14. The summed E-state index contributed by atoms with van der Waals surface area (Å²) in [7, 11) is 2.17. The monoisotopic (exact) mass is 487 g/mol. The molecule has 0 unspecified atom stereocenters. The van der Waals surface area contributed by atoms with Crippen LogP contribution in [0.25, 0.3) is 81.8 Å². The predicted molar refractivity (Wildman–Crippen MR) is 158 cm³/mol. The van der Waals surface area contributed by atoms with Gasteiger partial charge in [-0.05, 0) is 64.4 Å². The summed E-state index contributed by atoms with van der Waals surface area (Å²) in [4.78, 5) is 0. The third-order valence-electron chi connectivity index (χ3n) is 8.49. The summed E-state index contributed by atoms with van der Waals surface area (Å²) in [6.45, 7) is 2.22. The van der Waals surface area contributed by atoms with E-state index < -0.39 is 0 Å². The number of pyridine rings is 1. The van der Waals surface area contributed by atoms with E-state index in [1.165, 1.54) is 59.9 Å². The largest absolute Gasteiger partial charge is 0.456 e. The molecule has 0 saturated carbocycles. The van der Waals surface area contributed by atoms with Crippen LogP contribution in [-0.2, 0) is 7.05 Å². The van der Waals surface area contributed by atoms with Crippen LogP contribution >= 0.6 is 0 Å². The van der Waals surface area contributed by atoms with Crippen molar-refractivity contribution in [1.82, 2.24) is 4.40 Å². The Morgan fingerprint density at radius 2 is 1.34 bits per heavy atom. The van der Waals surface area contributed by atoms with Crippen LogP contribution < -0.4 is 4.57 Å². The Morgan fingerprint density at radius 3 is 2.29 bits per heavy atom. The number of aromatic nitrogens is 2. The van der Waals surface area contributed by atoms with E-state index in [0.29, 0.717) is 0 Å². The average Bonchev–Trinajstić information content (AvgIpc) is 3.45. The Bertz CT molecular complexity index is 2480. The van der Waals surface area contributed by atoms with Crippen molar-refractivity contribution in [3.05, 3.63) is 109 Å². The molecule has 6 aromatic carbocycles. The summed E-state index contributed by atoms with van der Waals surface area (Å²) in [5.74, 6) is 0. The molecule has 3 aromatic heterocycles. The smallest absolute Gasteiger partial charge is 0.295 e. The number of nitrogens with zero attached hydrogens (tertiary/aromatic N) is 2. The van der Waals surface area contributed by atoms with Crippen molar-refractivity contribution < 1.29 is 8.98 Å². The van der Waals surface area contributed by atoms with Crippen molar-refractivity contribution >= 4 is 81.8 Å². The molecular formula is C35H23N2O+. The number of rotatable bonds is 0. The van der Waals surface area contributed by atoms with Crippen LogP contribution in [0.3, 0.4) is 0 Å². The zero-order valence-corrected chi connectivity index (χ0v) is 21.1. The molecule has 0 fully saturated rings. The molecule has 0 aliphatic carbocycles. The van der Waals surface area contributed by atoms with Gasteiger partial charge in [0.15, 0.2) is 11.0 Å². The minimum Gasteiger partial charge on any atom is -0.456 e. The van der Waals surface area contributed by atoms with Crippen LogP contribution in [0.15, 0.2) is 108 Å². The van der Waals surface area contributed by atoms with Crippen molar-refractivity contribution in [2.75, 3.05) is 0 Å².